The zero-order valence-corrected chi connectivity index (χ0v) is 9.86. The Bertz CT molecular complexity index is 690. The molecule has 0 unspecified atom stereocenters. The first-order valence-corrected chi connectivity index (χ1v) is 5.37. The number of nitrogens with zero attached hydrogens (tertiary/aromatic N) is 3. The number of hydrogen-bond acceptors (Lipinski definition) is 3. The van der Waals surface area contributed by atoms with E-state index in [-0.39, 0.29) is 0 Å². The molecule has 0 aliphatic carbocycles. The molecule has 6 nitrogen and oxygen atoms in total. The van der Waals surface area contributed by atoms with Crippen molar-refractivity contribution in [2.24, 2.45) is 0 Å². The molecule has 2 aromatic rings. The summed E-state index contributed by atoms with van der Waals surface area (Å²) in [5, 5.41) is 0. The topological polar surface area (TPSA) is 72.7 Å². The molecule has 17 heavy (non-hydrogen) atoms. The molecule has 0 atom stereocenters. The lowest BCUT2D eigenvalue weighted by atomic mass is 10.3. The molecule has 0 saturated carbocycles. The summed E-state index contributed by atoms with van der Waals surface area (Å²) < 4.78 is 3.13. The van der Waals surface area contributed by atoms with Gasteiger partial charge in [-0.15, -0.1) is 0 Å². The van der Waals surface area contributed by atoms with Crippen LogP contribution in [0.4, 0.5) is 0 Å². The average Bonchev–Trinajstić information content (AvgIpc) is 2.61. The SMILES string of the molecule is C=C(C)Cn1cnc2c1c(=O)[nH]c(=O)n2CC. The normalized spacial score (nSPS) is 10.9. The van der Waals surface area contributed by atoms with Gasteiger partial charge in [0.1, 0.15) is 0 Å². The second-order valence-corrected chi connectivity index (χ2v) is 4.01. The molecule has 6 heteroatoms. The highest BCUT2D eigenvalue weighted by Crippen LogP contribution is 2.07. The third-order valence-electron chi connectivity index (χ3n) is 2.51. The molecule has 0 aliphatic heterocycles. The van der Waals surface area contributed by atoms with Crippen LogP contribution >= 0.6 is 0 Å². The van der Waals surface area contributed by atoms with Crippen molar-refractivity contribution >= 4 is 11.2 Å². The van der Waals surface area contributed by atoms with E-state index in [4.69, 9.17) is 0 Å². The summed E-state index contributed by atoms with van der Waals surface area (Å²) in [6, 6.07) is 0. The van der Waals surface area contributed by atoms with Crippen LogP contribution in [0.15, 0.2) is 28.1 Å². The Morgan fingerprint density at radius 2 is 2.24 bits per heavy atom. The number of aromatic nitrogens is 4. The standard InChI is InChI=1S/C11H14N4O2/c1-4-15-9-8(10(16)13-11(15)17)14(6-12-9)5-7(2)3/h6H,2,4-5H2,1,3H3,(H,13,16,17). The smallest absolute Gasteiger partial charge is 0.321 e. The summed E-state index contributed by atoms with van der Waals surface area (Å²) in [4.78, 5) is 29.8. The first-order chi connectivity index (χ1) is 8.04. The van der Waals surface area contributed by atoms with Crippen molar-refractivity contribution in [2.75, 3.05) is 0 Å². The van der Waals surface area contributed by atoms with Crippen LogP contribution in [0.3, 0.4) is 0 Å². The van der Waals surface area contributed by atoms with Crippen molar-refractivity contribution < 1.29 is 0 Å². The van der Waals surface area contributed by atoms with Gasteiger partial charge in [0, 0.05) is 13.1 Å². The van der Waals surface area contributed by atoms with E-state index in [1.165, 1.54) is 4.57 Å². The number of allylic oxidation sites excluding steroid dienone is 1. The molecule has 0 aliphatic rings. The van der Waals surface area contributed by atoms with Gasteiger partial charge in [0.05, 0.1) is 6.33 Å². The first kappa shape index (κ1) is 11.4. The fourth-order valence-corrected chi connectivity index (χ4v) is 1.83. The summed E-state index contributed by atoms with van der Waals surface area (Å²) in [5.41, 5.74) is 0.911. The van der Waals surface area contributed by atoms with Gasteiger partial charge in [0.2, 0.25) is 0 Å². The highest BCUT2D eigenvalue weighted by molar-refractivity contribution is 5.69. The summed E-state index contributed by atoms with van der Waals surface area (Å²) in [7, 11) is 0. The first-order valence-electron chi connectivity index (χ1n) is 5.37. The summed E-state index contributed by atoms with van der Waals surface area (Å²) in [6.07, 6.45) is 1.56. The predicted molar refractivity (Wildman–Crippen MR) is 65.1 cm³/mol. The zero-order chi connectivity index (χ0) is 12.6. The molecule has 0 saturated heterocycles. The van der Waals surface area contributed by atoms with E-state index in [0.717, 1.165) is 5.57 Å². The van der Waals surface area contributed by atoms with E-state index in [9.17, 15) is 9.59 Å². The Balaban J connectivity index is 2.81. The highest BCUT2D eigenvalue weighted by atomic mass is 16.2. The molecule has 0 amide bonds. The number of imidazole rings is 1. The lowest BCUT2D eigenvalue weighted by Gasteiger charge is -2.04. The van der Waals surface area contributed by atoms with Crippen LogP contribution in [-0.2, 0) is 13.1 Å². The van der Waals surface area contributed by atoms with Crippen molar-refractivity contribution in [3.05, 3.63) is 39.3 Å². The quantitative estimate of drug-likeness (QED) is 0.785. The largest absolute Gasteiger partial charge is 0.330 e. The van der Waals surface area contributed by atoms with E-state index in [0.29, 0.717) is 24.3 Å². The molecular formula is C11H14N4O2. The average molecular weight is 234 g/mol. The van der Waals surface area contributed by atoms with Gasteiger partial charge in [-0.05, 0) is 13.8 Å². The number of rotatable bonds is 3. The molecule has 0 aromatic carbocycles. The van der Waals surface area contributed by atoms with Gasteiger partial charge in [-0.25, -0.2) is 9.78 Å². The number of aryl methyl sites for hydroxylation is 1. The maximum absolute atomic E-state index is 11.8. The number of fused-ring (bicyclic) bond motifs is 1. The number of H-pyrrole nitrogens is 1. The van der Waals surface area contributed by atoms with Crippen LogP contribution in [-0.4, -0.2) is 19.1 Å². The van der Waals surface area contributed by atoms with Crippen LogP contribution in [0.1, 0.15) is 13.8 Å². The molecule has 1 N–H and O–H groups in total. The maximum Gasteiger partial charge on any atom is 0.330 e. The Morgan fingerprint density at radius 3 is 2.82 bits per heavy atom. The second-order valence-electron chi connectivity index (χ2n) is 4.01. The second kappa shape index (κ2) is 4.04. The molecule has 2 rings (SSSR count). The van der Waals surface area contributed by atoms with Crippen molar-refractivity contribution in [3.8, 4) is 0 Å². The zero-order valence-electron chi connectivity index (χ0n) is 9.86. The van der Waals surface area contributed by atoms with Gasteiger partial charge in [-0.3, -0.25) is 14.3 Å². The molecule has 0 radical (unpaired) electrons. The van der Waals surface area contributed by atoms with Crippen molar-refractivity contribution in [2.45, 2.75) is 26.9 Å². The van der Waals surface area contributed by atoms with Crippen LogP contribution < -0.4 is 11.2 Å². The van der Waals surface area contributed by atoms with Gasteiger partial charge < -0.3 is 4.57 Å². The van der Waals surface area contributed by atoms with Gasteiger partial charge in [0.15, 0.2) is 11.2 Å². The Kier molecular flexibility index (Phi) is 2.71. The fourth-order valence-electron chi connectivity index (χ4n) is 1.83. The maximum atomic E-state index is 11.8. The van der Waals surface area contributed by atoms with Gasteiger partial charge >= 0.3 is 5.69 Å². The summed E-state index contributed by atoms with van der Waals surface area (Å²) in [5.74, 6) is 0. The molecule has 90 valence electrons. The van der Waals surface area contributed by atoms with Crippen molar-refractivity contribution in [1.82, 2.24) is 19.1 Å². The van der Waals surface area contributed by atoms with Gasteiger partial charge in [-0.1, -0.05) is 12.2 Å². The monoisotopic (exact) mass is 234 g/mol. The van der Waals surface area contributed by atoms with Crippen LogP contribution in [0.2, 0.25) is 0 Å². The molecule has 0 fully saturated rings. The molecule has 0 spiro atoms. The summed E-state index contributed by atoms with van der Waals surface area (Å²) >= 11 is 0. The molecular weight excluding hydrogens is 220 g/mol. The van der Waals surface area contributed by atoms with E-state index in [1.54, 1.807) is 10.9 Å². The van der Waals surface area contributed by atoms with E-state index >= 15 is 0 Å². The van der Waals surface area contributed by atoms with Crippen LogP contribution in [0.25, 0.3) is 11.2 Å². The highest BCUT2D eigenvalue weighted by Gasteiger charge is 2.12. The van der Waals surface area contributed by atoms with Crippen LogP contribution in [0.5, 0.6) is 0 Å². The van der Waals surface area contributed by atoms with Crippen molar-refractivity contribution in [1.29, 1.82) is 0 Å². The minimum atomic E-state index is -0.425. The lowest BCUT2D eigenvalue weighted by molar-refractivity contribution is 0.717. The third-order valence-corrected chi connectivity index (χ3v) is 2.51. The Hall–Kier alpha value is -2.11. The Morgan fingerprint density at radius 1 is 1.53 bits per heavy atom. The molecule has 0 bridgehead atoms. The molecule has 2 heterocycles. The Labute approximate surface area is 97.2 Å². The van der Waals surface area contributed by atoms with E-state index in [2.05, 4.69) is 16.5 Å². The van der Waals surface area contributed by atoms with Gasteiger partial charge in [0.25, 0.3) is 5.56 Å². The predicted octanol–water partition coefficient (Wildman–Crippen LogP) is 0.482. The fraction of sp³-hybridized carbons (Fsp3) is 0.364. The number of nitrogens with one attached hydrogen (secondary N) is 1. The molecule has 2 aromatic heterocycles. The lowest BCUT2D eigenvalue weighted by Crippen LogP contribution is -2.30. The minimum Gasteiger partial charge on any atom is -0.321 e. The number of aromatic amines is 1. The number of hydrogen-bond donors (Lipinski definition) is 1. The van der Waals surface area contributed by atoms with E-state index < -0.39 is 11.2 Å². The summed E-state index contributed by atoms with van der Waals surface area (Å²) in [6.45, 7) is 8.48. The third kappa shape index (κ3) is 1.82. The van der Waals surface area contributed by atoms with E-state index in [1.807, 2.05) is 13.8 Å². The van der Waals surface area contributed by atoms with Crippen LogP contribution in [0, 0.1) is 0 Å². The minimum absolute atomic E-state index is 0.409. The van der Waals surface area contributed by atoms with Crippen molar-refractivity contribution in [3.63, 3.8) is 0 Å². The van der Waals surface area contributed by atoms with Gasteiger partial charge in [-0.2, -0.15) is 0 Å².